The Kier molecular flexibility index (Phi) is 7.49. The molecule has 114 valence electrons. The van der Waals surface area contributed by atoms with Gasteiger partial charge in [-0.05, 0) is 43.9 Å². The summed E-state index contributed by atoms with van der Waals surface area (Å²) in [6.07, 6.45) is 4.52. The fraction of sp³-hybridized carbons (Fsp3) is 0.529. The summed E-state index contributed by atoms with van der Waals surface area (Å²) in [5, 5.41) is 12.0. The molecule has 4 heteroatoms. The predicted octanol–water partition coefficient (Wildman–Crippen LogP) is 3.35. The Morgan fingerprint density at radius 3 is 2.76 bits per heavy atom. The lowest BCUT2D eigenvalue weighted by Crippen LogP contribution is -2.16. The average molecular weight is 287 g/mol. The molecule has 0 aliphatic carbocycles. The zero-order valence-corrected chi connectivity index (χ0v) is 13.0. The molecule has 1 atom stereocenters. The lowest BCUT2D eigenvalue weighted by atomic mass is 9.94. The molecule has 21 heavy (non-hydrogen) atoms. The summed E-state index contributed by atoms with van der Waals surface area (Å²) in [5.41, 5.74) is 7.63. The van der Waals surface area contributed by atoms with Crippen LogP contribution in [0.1, 0.15) is 50.2 Å². The summed E-state index contributed by atoms with van der Waals surface area (Å²) < 4.78 is 0. The van der Waals surface area contributed by atoms with Crippen molar-refractivity contribution < 1.29 is 4.79 Å². The van der Waals surface area contributed by atoms with E-state index in [0.29, 0.717) is 30.1 Å². The van der Waals surface area contributed by atoms with Crippen molar-refractivity contribution in [2.75, 3.05) is 11.9 Å². The van der Waals surface area contributed by atoms with Crippen molar-refractivity contribution in [1.82, 2.24) is 0 Å². The van der Waals surface area contributed by atoms with Gasteiger partial charge in [0.1, 0.15) is 6.07 Å². The molecule has 0 saturated heterocycles. The lowest BCUT2D eigenvalue weighted by molar-refractivity contribution is -0.116. The minimum atomic E-state index is -0.0322. The van der Waals surface area contributed by atoms with Crippen LogP contribution in [-0.2, 0) is 4.79 Å². The Bertz CT molecular complexity index is 499. The van der Waals surface area contributed by atoms with Crippen LogP contribution in [0.25, 0.3) is 0 Å². The van der Waals surface area contributed by atoms with E-state index in [1.165, 1.54) is 0 Å². The third-order valence-corrected chi connectivity index (χ3v) is 3.71. The maximum Gasteiger partial charge on any atom is 0.224 e. The van der Waals surface area contributed by atoms with Gasteiger partial charge in [-0.3, -0.25) is 4.79 Å². The van der Waals surface area contributed by atoms with E-state index >= 15 is 0 Å². The quantitative estimate of drug-likeness (QED) is 0.769. The van der Waals surface area contributed by atoms with E-state index in [2.05, 4.69) is 18.3 Å². The number of hydrogen-bond donors (Lipinski definition) is 2. The van der Waals surface area contributed by atoms with Crippen LogP contribution in [0.5, 0.6) is 0 Å². The van der Waals surface area contributed by atoms with Crippen molar-refractivity contribution in [3.8, 4) is 6.07 Å². The molecule has 0 aliphatic rings. The van der Waals surface area contributed by atoms with Crippen molar-refractivity contribution in [3.05, 3.63) is 29.3 Å². The molecule has 0 radical (unpaired) electrons. The number of aryl methyl sites for hydroxylation is 1. The number of nitrogens with zero attached hydrogens (tertiary/aromatic N) is 1. The van der Waals surface area contributed by atoms with Gasteiger partial charge in [-0.15, -0.1) is 0 Å². The summed E-state index contributed by atoms with van der Waals surface area (Å²) in [6, 6.07) is 7.63. The van der Waals surface area contributed by atoms with Gasteiger partial charge in [0.25, 0.3) is 0 Å². The molecule has 0 spiro atoms. The number of hydrogen-bond acceptors (Lipinski definition) is 3. The minimum absolute atomic E-state index is 0.0322. The highest BCUT2D eigenvalue weighted by Crippen LogP contribution is 2.20. The monoisotopic (exact) mass is 287 g/mol. The number of anilines is 1. The van der Waals surface area contributed by atoms with Crippen molar-refractivity contribution in [1.29, 1.82) is 5.26 Å². The van der Waals surface area contributed by atoms with Crippen LogP contribution in [0.15, 0.2) is 18.2 Å². The molecule has 0 heterocycles. The number of amides is 1. The molecule has 1 aromatic rings. The number of rotatable bonds is 8. The highest BCUT2D eigenvalue weighted by molar-refractivity contribution is 5.92. The van der Waals surface area contributed by atoms with E-state index in [4.69, 9.17) is 11.0 Å². The van der Waals surface area contributed by atoms with Crippen LogP contribution in [0, 0.1) is 24.2 Å². The van der Waals surface area contributed by atoms with Gasteiger partial charge in [0.2, 0.25) is 5.91 Å². The third-order valence-electron chi connectivity index (χ3n) is 3.71. The number of carbonyl (C=O) groups is 1. The molecule has 4 nitrogen and oxygen atoms in total. The SMILES string of the molecule is CCCC(CCN)CCC(=O)Nc1cccc(C)c1C#N. The molecule has 0 aliphatic heterocycles. The maximum absolute atomic E-state index is 12.1. The normalized spacial score (nSPS) is 11.7. The van der Waals surface area contributed by atoms with Crippen molar-refractivity contribution >= 4 is 11.6 Å². The number of carbonyl (C=O) groups excluding carboxylic acids is 1. The number of nitrogens with one attached hydrogen (secondary N) is 1. The topological polar surface area (TPSA) is 78.9 Å². The maximum atomic E-state index is 12.1. The summed E-state index contributed by atoms with van der Waals surface area (Å²) in [6.45, 7) is 4.69. The molecular weight excluding hydrogens is 262 g/mol. The van der Waals surface area contributed by atoms with Crippen LogP contribution >= 0.6 is 0 Å². The standard InChI is InChI=1S/C17H25N3O/c1-3-5-14(10-11-18)8-9-17(21)20-16-7-4-6-13(2)15(16)12-19/h4,6-7,14H,3,5,8-11,18H2,1-2H3,(H,20,21). The van der Waals surface area contributed by atoms with Gasteiger partial charge < -0.3 is 11.1 Å². The van der Waals surface area contributed by atoms with Gasteiger partial charge in [0.05, 0.1) is 11.3 Å². The van der Waals surface area contributed by atoms with E-state index in [9.17, 15) is 4.79 Å². The largest absolute Gasteiger partial charge is 0.330 e. The molecule has 0 saturated carbocycles. The van der Waals surface area contributed by atoms with Crippen molar-refractivity contribution in [2.45, 2.75) is 46.0 Å². The Balaban J connectivity index is 2.58. The van der Waals surface area contributed by atoms with Gasteiger partial charge >= 0.3 is 0 Å². The predicted molar refractivity (Wildman–Crippen MR) is 85.8 cm³/mol. The highest BCUT2D eigenvalue weighted by atomic mass is 16.1. The van der Waals surface area contributed by atoms with E-state index in [0.717, 1.165) is 31.2 Å². The van der Waals surface area contributed by atoms with Gasteiger partial charge in [0.15, 0.2) is 0 Å². The van der Waals surface area contributed by atoms with Gasteiger partial charge in [-0.25, -0.2) is 0 Å². The summed E-state index contributed by atoms with van der Waals surface area (Å²) in [4.78, 5) is 12.1. The first kappa shape index (κ1) is 17.2. The zero-order chi connectivity index (χ0) is 15.7. The number of nitrogens with two attached hydrogens (primary N) is 1. The van der Waals surface area contributed by atoms with Crippen LogP contribution in [0.4, 0.5) is 5.69 Å². The highest BCUT2D eigenvalue weighted by Gasteiger charge is 2.12. The zero-order valence-electron chi connectivity index (χ0n) is 13.0. The first-order chi connectivity index (χ1) is 10.1. The second-order valence-corrected chi connectivity index (χ2v) is 5.43. The van der Waals surface area contributed by atoms with Crippen LogP contribution < -0.4 is 11.1 Å². The summed E-state index contributed by atoms with van der Waals surface area (Å²) in [5.74, 6) is 0.480. The molecule has 3 N–H and O–H groups in total. The van der Waals surface area contributed by atoms with Crippen LogP contribution in [-0.4, -0.2) is 12.5 Å². The fourth-order valence-corrected chi connectivity index (χ4v) is 2.55. The summed E-state index contributed by atoms with van der Waals surface area (Å²) in [7, 11) is 0. The first-order valence-corrected chi connectivity index (χ1v) is 7.62. The van der Waals surface area contributed by atoms with Crippen molar-refractivity contribution in [3.63, 3.8) is 0 Å². The van der Waals surface area contributed by atoms with Crippen LogP contribution in [0.2, 0.25) is 0 Å². The average Bonchev–Trinajstić information content (AvgIpc) is 2.45. The second kappa shape index (κ2) is 9.15. The Hall–Kier alpha value is -1.86. The molecular formula is C17H25N3O. The van der Waals surface area contributed by atoms with Crippen LogP contribution in [0.3, 0.4) is 0 Å². The third kappa shape index (κ3) is 5.57. The van der Waals surface area contributed by atoms with E-state index in [1.54, 1.807) is 6.07 Å². The second-order valence-electron chi connectivity index (χ2n) is 5.43. The Morgan fingerprint density at radius 2 is 2.14 bits per heavy atom. The smallest absolute Gasteiger partial charge is 0.224 e. The Labute approximate surface area is 127 Å². The van der Waals surface area contributed by atoms with Gasteiger partial charge in [0, 0.05) is 6.42 Å². The molecule has 0 fully saturated rings. The summed E-state index contributed by atoms with van der Waals surface area (Å²) >= 11 is 0. The molecule has 1 rings (SSSR count). The van der Waals surface area contributed by atoms with Gasteiger partial charge in [-0.2, -0.15) is 5.26 Å². The number of benzene rings is 1. The first-order valence-electron chi connectivity index (χ1n) is 7.62. The van der Waals surface area contributed by atoms with E-state index in [-0.39, 0.29) is 5.91 Å². The van der Waals surface area contributed by atoms with Crippen molar-refractivity contribution in [2.24, 2.45) is 11.7 Å². The fourth-order valence-electron chi connectivity index (χ4n) is 2.55. The van der Waals surface area contributed by atoms with Gasteiger partial charge in [-0.1, -0.05) is 31.9 Å². The van der Waals surface area contributed by atoms with E-state index < -0.39 is 0 Å². The number of nitriles is 1. The molecule has 1 amide bonds. The molecule has 0 aromatic heterocycles. The molecule has 1 aromatic carbocycles. The lowest BCUT2D eigenvalue weighted by Gasteiger charge is -2.15. The minimum Gasteiger partial charge on any atom is -0.330 e. The van der Waals surface area contributed by atoms with E-state index in [1.807, 2.05) is 19.1 Å². The molecule has 1 unspecified atom stereocenters. The Morgan fingerprint density at radius 1 is 1.38 bits per heavy atom. The molecule has 0 bridgehead atoms.